The molecule has 1 amide bonds. The summed E-state index contributed by atoms with van der Waals surface area (Å²) in [5.41, 5.74) is 3.78. The number of amides is 1. The second kappa shape index (κ2) is 9.71. The van der Waals surface area contributed by atoms with Crippen molar-refractivity contribution in [2.24, 2.45) is 0 Å². The average Bonchev–Trinajstić information content (AvgIpc) is 2.70. The number of carbonyl (C=O) groups is 1. The highest BCUT2D eigenvalue weighted by atomic mass is 16.3. The molecule has 0 aliphatic carbocycles. The highest BCUT2D eigenvalue weighted by Gasteiger charge is 2.27. The van der Waals surface area contributed by atoms with Gasteiger partial charge in [-0.05, 0) is 30.5 Å². The summed E-state index contributed by atoms with van der Waals surface area (Å²) < 4.78 is 0. The fourth-order valence-electron chi connectivity index (χ4n) is 3.99. The molecule has 3 rings (SSSR count). The van der Waals surface area contributed by atoms with Gasteiger partial charge in [0, 0.05) is 45.0 Å². The monoisotopic (exact) mass is 381 g/mol. The van der Waals surface area contributed by atoms with E-state index in [0.29, 0.717) is 26.2 Å². The van der Waals surface area contributed by atoms with Gasteiger partial charge in [0.15, 0.2) is 0 Å². The van der Waals surface area contributed by atoms with Crippen LogP contribution in [-0.4, -0.2) is 71.1 Å². The van der Waals surface area contributed by atoms with E-state index in [4.69, 9.17) is 0 Å². The third-order valence-electron chi connectivity index (χ3n) is 5.49. The van der Waals surface area contributed by atoms with E-state index in [1.165, 1.54) is 11.1 Å². The molecule has 5 nitrogen and oxygen atoms in total. The Morgan fingerprint density at radius 3 is 2.68 bits per heavy atom. The van der Waals surface area contributed by atoms with E-state index < -0.39 is 6.10 Å². The Kier molecular flexibility index (Phi) is 7.06. The van der Waals surface area contributed by atoms with Gasteiger partial charge in [-0.2, -0.15) is 0 Å². The number of piperazine rings is 1. The Morgan fingerprint density at radius 1 is 1.18 bits per heavy atom. The quantitative estimate of drug-likeness (QED) is 0.736. The van der Waals surface area contributed by atoms with Crippen LogP contribution < -0.4 is 0 Å². The van der Waals surface area contributed by atoms with E-state index in [0.717, 1.165) is 31.8 Å². The lowest BCUT2D eigenvalue weighted by Gasteiger charge is -2.38. The van der Waals surface area contributed by atoms with Gasteiger partial charge in [0.2, 0.25) is 5.91 Å². The SMILES string of the molecule is C=C/C=C\C(=C/C)N1CCN(CC(O)CN2CCc3ccccc3C2)C(=O)C1. The molecule has 1 N–H and O–H groups in total. The fourth-order valence-corrected chi connectivity index (χ4v) is 3.99. The molecular formula is C23H31N3O2. The van der Waals surface area contributed by atoms with Gasteiger partial charge in [0.25, 0.3) is 0 Å². The molecule has 28 heavy (non-hydrogen) atoms. The van der Waals surface area contributed by atoms with Gasteiger partial charge < -0.3 is 14.9 Å². The average molecular weight is 382 g/mol. The highest BCUT2D eigenvalue weighted by molar-refractivity contribution is 5.79. The number of rotatable bonds is 7. The third kappa shape index (κ3) is 5.12. The van der Waals surface area contributed by atoms with Crippen LogP contribution in [0.2, 0.25) is 0 Å². The Labute approximate surface area is 168 Å². The van der Waals surface area contributed by atoms with Crippen molar-refractivity contribution in [3.8, 4) is 0 Å². The van der Waals surface area contributed by atoms with E-state index in [-0.39, 0.29) is 5.91 Å². The van der Waals surface area contributed by atoms with E-state index in [2.05, 4.69) is 40.6 Å². The minimum Gasteiger partial charge on any atom is -0.390 e. The van der Waals surface area contributed by atoms with Gasteiger partial charge in [-0.15, -0.1) is 0 Å². The van der Waals surface area contributed by atoms with Crippen LogP contribution in [0.3, 0.4) is 0 Å². The summed E-state index contributed by atoms with van der Waals surface area (Å²) in [5.74, 6) is 0.0700. The maximum absolute atomic E-state index is 12.6. The molecule has 0 bridgehead atoms. The van der Waals surface area contributed by atoms with Crippen molar-refractivity contribution >= 4 is 5.91 Å². The van der Waals surface area contributed by atoms with Gasteiger partial charge >= 0.3 is 0 Å². The van der Waals surface area contributed by atoms with Crippen LogP contribution in [0, 0.1) is 0 Å². The largest absolute Gasteiger partial charge is 0.390 e. The number of hydrogen-bond donors (Lipinski definition) is 1. The first-order valence-corrected chi connectivity index (χ1v) is 10.1. The summed E-state index contributed by atoms with van der Waals surface area (Å²) in [4.78, 5) is 18.7. The first-order valence-electron chi connectivity index (χ1n) is 10.1. The number of carbonyl (C=O) groups excluding carboxylic acids is 1. The standard InChI is InChI=1S/C23H31N3O2/c1-3-5-10-21(4-2)25-13-14-26(23(28)18-25)17-22(27)16-24-12-11-19-8-6-7-9-20(19)15-24/h3-10,22,27H,1,11-18H2,2H3/b10-5-,21-4+. The maximum Gasteiger partial charge on any atom is 0.242 e. The van der Waals surface area contributed by atoms with E-state index in [1.807, 2.05) is 25.2 Å². The zero-order valence-electron chi connectivity index (χ0n) is 16.8. The molecule has 1 aromatic rings. The van der Waals surface area contributed by atoms with Gasteiger partial charge in [0.1, 0.15) is 0 Å². The number of aliphatic hydroxyl groups is 1. The van der Waals surface area contributed by atoms with E-state index in [1.54, 1.807) is 11.0 Å². The smallest absolute Gasteiger partial charge is 0.242 e. The number of β-amino-alcohol motifs (C(OH)–C–C–N with tert-alkyl or cyclic N) is 1. The number of nitrogens with zero attached hydrogens (tertiary/aromatic N) is 3. The van der Waals surface area contributed by atoms with Crippen LogP contribution in [0.4, 0.5) is 0 Å². The lowest BCUT2D eigenvalue weighted by molar-refractivity contribution is -0.136. The summed E-state index contributed by atoms with van der Waals surface area (Å²) in [5, 5.41) is 10.6. The van der Waals surface area contributed by atoms with E-state index >= 15 is 0 Å². The number of fused-ring (bicyclic) bond motifs is 1. The first-order chi connectivity index (χ1) is 13.6. The number of hydrogen-bond acceptors (Lipinski definition) is 4. The molecule has 1 fully saturated rings. The normalized spacial score (nSPS) is 19.8. The predicted octanol–water partition coefficient (Wildman–Crippen LogP) is 2.20. The molecule has 1 aromatic carbocycles. The molecule has 2 aliphatic rings. The zero-order valence-corrected chi connectivity index (χ0v) is 16.8. The van der Waals surface area contributed by atoms with Crippen LogP contribution in [0.1, 0.15) is 18.1 Å². The van der Waals surface area contributed by atoms with Crippen molar-refractivity contribution < 1.29 is 9.90 Å². The van der Waals surface area contributed by atoms with Crippen LogP contribution in [-0.2, 0) is 17.8 Å². The predicted molar refractivity (Wildman–Crippen MR) is 113 cm³/mol. The molecule has 2 heterocycles. The van der Waals surface area contributed by atoms with Gasteiger partial charge in [0.05, 0.1) is 12.6 Å². The molecule has 2 aliphatic heterocycles. The Hall–Kier alpha value is -2.37. The Balaban J connectivity index is 1.49. The summed E-state index contributed by atoms with van der Waals surface area (Å²) in [6.07, 6.45) is 8.09. The minimum absolute atomic E-state index is 0.0700. The van der Waals surface area contributed by atoms with Crippen LogP contribution >= 0.6 is 0 Å². The van der Waals surface area contributed by atoms with Crippen LogP contribution in [0.25, 0.3) is 0 Å². The number of benzene rings is 1. The summed E-state index contributed by atoms with van der Waals surface area (Å²) in [6, 6.07) is 8.50. The summed E-state index contributed by atoms with van der Waals surface area (Å²) in [7, 11) is 0. The van der Waals surface area contributed by atoms with E-state index in [9.17, 15) is 9.90 Å². The molecule has 0 radical (unpaired) electrons. The molecule has 0 aromatic heterocycles. The molecule has 1 atom stereocenters. The van der Waals surface area contributed by atoms with Gasteiger partial charge in [-0.25, -0.2) is 0 Å². The van der Waals surface area contributed by atoms with Gasteiger partial charge in [-0.1, -0.05) is 49.1 Å². The molecule has 1 saturated heterocycles. The Morgan fingerprint density at radius 2 is 1.96 bits per heavy atom. The van der Waals surface area contributed by atoms with Crippen LogP contribution in [0.15, 0.2) is 60.8 Å². The van der Waals surface area contributed by atoms with Crippen molar-refractivity contribution in [2.45, 2.75) is 26.0 Å². The topological polar surface area (TPSA) is 47.0 Å². The third-order valence-corrected chi connectivity index (χ3v) is 5.49. The molecular weight excluding hydrogens is 350 g/mol. The highest BCUT2D eigenvalue weighted by Crippen LogP contribution is 2.19. The maximum atomic E-state index is 12.6. The minimum atomic E-state index is -0.525. The van der Waals surface area contributed by atoms with Gasteiger partial charge in [-0.3, -0.25) is 9.69 Å². The second-order valence-electron chi connectivity index (χ2n) is 7.48. The first kappa shape index (κ1) is 20.4. The van der Waals surface area contributed by atoms with Crippen molar-refractivity contribution in [1.29, 1.82) is 0 Å². The molecule has 1 unspecified atom stereocenters. The lowest BCUT2D eigenvalue weighted by Crippen LogP contribution is -2.53. The number of allylic oxidation sites excluding steroid dienone is 4. The fraction of sp³-hybridized carbons (Fsp3) is 0.435. The molecule has 5 heteroatoms. The summed E-state index contributed by atoms with van der Waals surface area (Å²) in [6.45, 7) is 10.3. The molecule has 0 spiro atoms. The molecule has 150 valence electrons. The van der Waals surface area contributed by atoms with Crippen molar-refractivity contribution in [3.63, 3.8) is 0 Å². The van der Waals surface area contributed by atoms with Crippen LogP contribution in [0.5, 0.6) is 0 Å². The Bertz CT molecular complexity index is 756. The second-order valence-corrected chi connectivity index (χ2v) is 7.48. The lowest BCUT2D eigenvalue weighted by atomic mass is 10.00. The zero-order chi connectivity index (χ0) is 19.9. The van der Waals surface area contributed by atoms with Crippen molar-refractivity contribution in [3.05, 3.63) is 72.0 Å². The molecule has 0 saturated carbocycles. The summed E-state index contributed by atoms with van der Waals surface area (Å²) >= 11 is 0. The number of aliphatic hydroxyl groups excluding tert-OH is 1. The van der Waals surface area contributed by atoms with Crippen molar-refractivity contribution in [2.75, 3.05) is 39.3 Å². The van der Waals surface area contributed by atoms with Crippen molar-refractivity contribution in [1.82, 2.24) is 14.7 Å².